The second kappa shape index (κ2) is 7.66. The molecule has 3 rings (SSSR count). The van der Waals surface area contributed by atoms with Gasteiger partial charge in [0, 0.05) is 6.20 Å². The molecule has 26 heavy (non-hydrogen) atoms. The van der Waals surface area contributed by atoms with Crippen molar-refractivity contribution in [3.63, 3.8) is 0 Å². The molecule has 2 heterocycles. The van der Waals surface area contributed by atoms with Gasteiger partial charge in [0.2, 0.25) is 0 Å². The van der Waals surface area contributed by atoms with Crippen LogP contribution in [0.15, 0.2) is 52.8 Å². The van der Waals surface area contributed by atoms with Crippen LogP contribution in [-0.4, -0.2) is 20.6 Å². The molecular formula is C20H24N4O2. The van der Waals surface area contributed by atoms with Gasteiger partial charge in [0.05, 0.1) is 18.4 Å². The highest BCUT2D eigenvalue weighted by Gasteiger charge is 2.15. The second-order valence-electron chi connectivity index (χ2n) is 6.73. The average molecular weight is 352 g/mol. The van der Waals surface area contributed by atoms with E-state index in [0.29, 0.717) is 17.3 Å². The van der Waals surface area contributed by atoms with Crippen LogP contribution >= 0.6 is 0 Å². The lowest BCUT2D eigenvalue weighted by molar-refractivity contribution is 0.243. The number of hydrogen-bond donors (Lipinski definition) is 1. The van der Waals surface area contributed by atoms with Crippen LogP contribution in [0.1, 0.15) is 44.9 Å². The molecule has 6 nitrogen and oxygen atoms in total. The maximum Gasteiger partial charge on any atom is 0.183 e. The van der Waals surface area contributed by atoms with Crippen LogP contribution in [0.3, 0.4) is 0 Å². The number of aromatic nitrogens is 2. The van der Waals surface area contributed by atoms with Gasteiger partial charge in [0.1, 0.15) is 17.1 Å². The summed E-state index contributed by atoms with van der Waals surface area (Å²) >= 11 is 0. The molecule has 2 aromatic heterocycles. The molecule has 0 amide bonds. The monoisotopic (exact) mass is 352 g/mol. The van der Waals surface area contributed by atoms with Crippen molar-refractivity contribution in [2.24, 2.45) is 10.2 Å². The third-order valence-electron chi connectivity index (χ3n) is 3.90. The summed E-state index contributed by atoms with van der Waals surface area (Å²) in [5, 5.41) is 18.3. The molecule has 0 saturated carbocycles. The zero-order chi connectivity index (χ0) is 18.7. The van der Waals surface area contributed by atoms with Crippen LogP contribution in [0, 0.1) is 0 Å². The molecule has 0 aliphatic heterocycles. The number of nitrogens with zero attached hydrogens (tertiary/aromatic N) is 4. The molecule has 136 valence electrons. The van der Waals surface area contributed by atoms with Crippen molar-refractivity contribution < 1.29 is 9.84 Å². The molecule has 0 saturated heterocycles. The molecule has 0 aliphatic rings. The number of benzene rings is 1. The molecule has 0 atom stereocenters. The van der Waals surface area contributed by atoms with Crippen molar-refractivity contribution in [2.75, 3.05) is 0 Å². The molecular weight excluding hydrogens is 328 g/mol. The van der Waals surface area contributed by atoms with E-state index >= 15 is 0 Å². The predicted octanol–water partition coefficient (Wildman–Crippen LogP) is 5.15. The number of rotatable bonds is 6. The Balaban J connectivity index is 2.05. The summed E-state index contributed by atoms with van der Waals surface area (Å²) in [7, 11) is 0. The summed E-state index contributed by atoms with van der Waals surface area (Å²) < 4.78 is 7.70. The van der Waals surface area contributed by atoms with Crippen molar-refractivity contribution in [1.82, 2.24) is 9.38 Å². The fraction of sp³-hybridized carbons (Fsp3) is 0.350. The number of aliphatic hydroxyl groups is 1. The molecule has 6 heteroatoms. The third kappa shape index (κ3) is 3.75. The van der Waals surface area contributed by atoms with Crippen molar-refractivity contribution >= 4 is 17.2 Å². The van der Waals surface area contributed by atoms with Crippen molar-refractivity contribution in [3.8, 4) is 5.75 Å². The molecule has 0 unspecified atom stereocenters. The van der Waals surface area contributed by atoms with Crippen LogP contribution in [0.5, 0.6) is 5.75 Å². The van der Waals surface area contributed by atoms with Crippen LogP contribution < -0.4 is 4.74 Å². The molecule has 1 N–H and O–H groups in total. The predicted molar refractivity (Wildman–Crippen MR) is 102 cm³/mol. The topological polar surface area (TPSA) is 71.5 Å². The van der Waals surface area contributed by atoms with E-state index in [9.17, 15) is 5.11 Å². The van der Waals surface area contributed by atoms with Gasteiger partial charge in [-0.2, -0.15) is 0 Å². The number of azo groups is 1. The Labute approximate surface area is 153 Å². The summed E-state index contributed by atoms with van der Waals surface area (Å²) in [6.45, 7) is 8.09. The Morgan fingerprint density at radius 3 is 2.58 bits per heavy atom. The van der Waals surface area contributed by atoms with E-state index in [2.05, 4.69) is 29.1 Å². The summed E-state index contributed by atoms with van der Waals surface area (Å²) in [6.07, 6.45) is 1.93. The molecule has 0 radical (unpaired) electrons. The van der Waals surface area contributed by atoms with E-state index in [-0.39, 0.29) is 18.6 Å². The van der Waals surface area contributed by atoms with Gasteiger partial charge in [0.25, 0.3) is 0 Å². The third-order valence-corrected chi connectivity index (χ3v) is 3.90. The maximum atomic E-state index is 9.34. The molecule has 0 aliphatic carbocycles. The van der Waals surface area contributed by atoms with Crippen LogP contribution in [0.25, 0.3) is 5.65 Å². The average Bonchev–Trinajstić information content (AvgIpc) is 2.98. The normalized spacial score (nSPS) is 12.0. The Morgan fingerprint density at radius 2 is 1.88 bits per heavy atom. The molecule has 1 aromatic carbocycles. The number of imidazole rings is 1. The number of para-hydroxylation sites is 1. The van der Waals surface area contributed by atoms with Gasteiger partial charge >= 0.3 is 0 Å². The summed E-state index contributed by atoms with van der Waals surface area (Å²) in [4.78, 5) is 4.67. The first-order chi connectivity index (χ1) is 12.5. The first-order valence-corrected chi connectivity index (χ1v) is 8.78. The minimum absolute atomic E-state index is 0.0167. The first kappa shape index (κ1) is 18.1. The first-order valence-electron chi connectivity index (χ1n) is 8.78. The highest BCUT2D eigenvalue weighted by atomic mass is 16.5. The highest BCUT2D eigenvalue weighted by molar-refractivity contribution is 5.55. The van der Waals surface area contributed by atoms with E-state index in [1.807, 2.05) is 60.8 Å². The van der Waals surface area contributed by atoms with Gasteiger partial charge in [-0.3, -0.25) is 4.40 Å². The number of aliphatic hydroxyl groups excluding tert-OH is 1. The number of hydrogen-bond acceptors (Lipinski definition) is 5. The van der Waals surface area contributed by atoms with Gasteiger partial charge in [0.15, 0.2) is 5.82 Å². The standard InChI is InChI=1S/C20H24N4O2/c1-13(2)19-20(24-10-9-15(12-25)11-18(24)21-19)23-22-16-7-5-6-8-17(16)26-14(3)4/h5-11,13-14,25H,12H2,1-4H3. The molecule has 0 spiro atoms. The Kier molecular flexibility index (Phi) is 5.32. The van der Waals surface area contributed by atoms with E-state index < -0.39 is 0 Å². The molecule has 0 bridgehead atoms. The fourth-order valence-corrected chi connectivity index (χ4v) is 2.67. The van der Waals surface area contributed by atoms with Gasteiger partial charge in [-0.25, -0.2) is 4.98 Å². The zero-order valence-corrected chi connectivity index (χ0v) is 15.5. The zero-order valence-electron chi connectivity index (χ0n) is 15.5. The Bertz CT molecular complexity index is 929. The summed E-state index contributed by atoms with van der Waals surface area (Å²) in [6, 6.07) is 11.3. The summed E-state index contributed by atoms with van der Waals surface area (Å²) in [5.41, 5.74) is 3.11. The Hall–Kier alpha value is -2.73. The van der Waals surface area contributed by atoms with Gasteiger partial charge in [-0.05, 0) is 49.6 Å². The van der Waals surface area contributed by atoms with Crippen LogP contribution in [-0.2, 0) is 6.61 Å². The highest BCUT2D eigenvalue weighted by Crippen LogP contribution is 2.33. The van der Waals surface area contributed by atoms with E-state index in [4.69, 9.17) is 4.74 Å². The lowest BCUT2D eigenvalue weighted by Gasteiger charge is -2.11. The Morgan fingerprint density at radius 1 is 1.12 bits per heavy atom. The van der Waals surface area contributed by atoms with Gasteiger partial charge in [-0.15, -0.1) is 10.2 Å². The van der Waals surface area contributed by atoms with Gasteiger partial charge < -0.3 is 9.84 Å². The quantitative estimate of drug-likeness (QED) is 0.623. The lowest BCUT2D eigenvalue weighted by Crippen LogP contribution is -2.05. The maximum absolute atomic E-state index is 9.34. The van der Waals surface area contributed by atoms with Crippen LogP contribution in [0.2, 0.25) is 0 Å². The van der Waals surface area contributed by atoms with E-state index in [0.717, 1.165) is 16.9 Å². The minimum atomic E-state index is -0.0167. The van der Waals surface area contributed by atoms with Crippen molar-refractivity contribution in [3.05, 3.63) is 53.9 Å². The smallest absolute Gasteiger partial charge is 0.183 e. The molecule has 0 fully saturated rings. The summed E-state index contributed by atoms with van der Waals surface area (Å²) in [5.74, 6) is 1.59. The second-order valence-corrected chi connectivity index (χ2v) is 6.73. The molecule has 3 aromatic rings. The minimum Gasteiger partial charge on any atom is -0.489 e. The number of ether oxygens (including phenoxy) is 1. The van der Waals surface area contributed by atoms with Gasteiger partial charge in [-0.1, -0.05) is 26.0 Å². The number of fused-ring (bicyclic) bond motifs is 1. The number of pyridine rings is 1. The fourth-order valence-electron chi connectivity index (χ4n) is 2.67. The van der Waals surface area contributed by atoms with Crippen molar-refractivity contribution in [2.45, 2.75) is 46.3 Å². The SMILES string of the molecule is CC(C)Oc1ccccc1N=Nc1c(C(C)C)nc2cc(CO)ccn12. The van der Waals surface area contributed by atoms with Crippen LogP contribution in [0.4, 0.5) is 11.5 Å². The largest absolute Gasteiger partial charge is 0.489 e. The lowest BCUT2D eigenvalue weighted by atomic mass is 10.1. The van der Waals surface area contributed by atoms with Crippen molar-refractivity contribution in [1.29, 1.82) is 0 Å². The van der Waals surface area contributed by atoms with E-state index in [1.165, 1.54) is 0 Å². The van der Waals surface area contributed by atoms with E-state index in [1.54, 1.807) is 0 Å².